The number of amides is 1. The number of esters is 1. The summed E-state index contributed by atoms with van der Waals surface area (Å²) in [5.74, 6) is -0.540. The Kier molecular flexibility index (Phi) is 6.40. The monoisotopic (exact) mass is 408 g/mol. The zero-order chi connectivity index (χ0) is 20.3. The van der Waals surface area contributed by atoms with Crippen molar-refractivity contribution in [2.45, 2.75) is 56.4 Å². The fraction of sp³-hybridized carbons (Fsp3) is 0.600. The summed E-state index contributed by atoms with van der Waals surface area (Å²) in [6.45, 7) is 1.62. The Morgan fingerprint density at radius 2 is 1.75 bits per heavy atom. The molecule has 7 nitrogen and oxygen atoms in total. The first-order valence-corrected chi connectivity index (χ1v) is 11.3. The van der Waals surface area contributed by atoms with E-state index in [-0.39, 0.29) is 29.4 Å². The van der Waals surface area contributed by atoms with Crippen LogP contribution in [0.4, 0.5) is 5.69 Å². The van der Waals surface area contributed by atoms with Crippen LogP contribution in [0.15, 0.2) is 29.2 Å². The summed E-state index contributed by atoms with van der Waals surface area (Å²) in [5.41, 5.74) is 0.458. The summed E-state index contributed by atoms with van der Waals surface area (Å²) in [6.07, 6.45) is 5.86. The van der Waals surface area contributed by atoms with E-state index in [4.69, 9.17) is 4.74 Å². The molecule has 1 amide bonds. The molecule has 2 atom stereocenters. The first-order chi connectivity index (χ1) is 13.3. The standard InChI is InChI=1S/C20H28N2O5S/c1-14-12-18(14)20(24)27-13-19(23)21-15-8-10-17(11-9-15)28(25,26)22(2)16-6-4-3-5-7-16/h8-11,14,16,18H,3-7,12-13H2,1-2H3,(H,21,23)/t14-,18-/m0/s1. The molecule has 0 saturated heterocycles. The van der Waals surface area contributed by atoms with E-state index in [0.29, 0.717) is 11.6 Å². The Labute approximate surface area is 166 Å². The van der Waals surface area contributed by atoms with Crippen LogP contribution in [0.3, 0.4) is 0 Å². The first kappa shape index (κ1) is 20.8. The molecule has 28 heavy (non-hydrogen) atoms. The molecule has 2 fully saturated rings. The molecule has 0 radical (unpaired) electrons. The number of benzene rings is 1. The predicted octanol–water partition coefficient (Wildman–Crippen LogP) is 2.78. The summed E-state index contributed by atoms with van der Waals surface area (Å²) in [6, 6.07) is 6.11. The number of nitrogens with one attached hydrogen (secondary N) is 1. The van der Waals surface area contributed by atoms with E-state index in [1.165, 1.54) is 16.4 Å². The molecule has 3 rings (SSSR count). The largest absolute Gasteiger partial charge is 0.455 e. The summed E-state index contributed by atoms with van der Waals surface area (Å²) in [7, 11) is -1.93. The zero-order valence-corrected chi connectivity index (χ0v) is 17.2. The van der Waals surface area contributed by atoms with Crippen LogP contribution >= 0.6 is 0 Å². The van der Waals surface area contributed by atoms with Crippen LogP contribution in [0.25, 0.3) is 0 Å². The Balaban J connectivity index is 1.54. The smallest absolute Gasteiger partial charge is 0.309 e. The third kappa shape index (κ3) is 4.91. The lowest BCUT2D eigenvalue weighted by Crippen LogP contribution is -2.38. The van der Waals surface area contributed by atoms with Gasteiger partial charge < -0.3 is 10.1 Å². The molecule has 0 unspecified atom stereocenters. The van der Waals surface area contributed by atoms with Gasteiger partial charge in [0.2, 0.25) is 10.0 Å². The van der Waals surface area contributed by atoms with E-state index in [2.05, 4.69) is 5.32 Å². The second kappa shape index (κ2) is 8.61. The van der Waals surface area contributed by atoms with Crippen LogP contribution < -0.4 is 5.32 Å². The number of hydrogen-bond donors (Lipinski definition) is 1. The van der Waals surface area contributed by atoms with Crippen LogP contribution in [0.1, 0.15) is 45.4 Å². The maximum atomic E-state index is 12.8. The summed E-state index contributed by atoms with van der Waals surface area (Å²) < 4.78 is 32.1. The van der Waals surface area contributed by atoms with Crippen molar-refractivity contribution >= 4 is 27.6 Å². The van der Waals surface area contributed by atoms with Crippen LogP contribution in [0.5, 0.6) is 0 Å². The van der Waals surface area contributed by atoms with E-state index in [9.17, 15) is 18.0 Å². The van der Waals surface area contributed by atoms with Gasteiger partial charge in [-0.25, -0.2) is 8.42 Å². The first-order valence-electron chi connectivity index (χ1n) is 9.83. The normalized spacial score (nSPS) is 22.7. The van der Waals surface area contributed by atoms with Gasteiger partial charge in [-0.2, -0.15) is 4.31 Å². The second-order valence-electron chi connectivity index (χ2n) is 7.81. The van der Waals surface area contributed by atoms with Gasteiger partial charge >= 0.3 is 5.97 Å². The SMILES string of the molecule is C[C@H]1C[C@@H]1C(=O)OCC(=O)Nc1ccc(S(=O)(=O)N(C)C2CCCCC2)cc1. The van der Waals surface area contributed by atoms with E-state index >= 15 is 0 Å². The highest BCUT2D eigenvalue weighted by atomic mass is 32.2. The summed E-state index contributed by atoms with van der Waals surface area (Å²) in [5, 5.41) is 2.61. The van der Waals surface area contributed by atoms with Crippen molar-refractivity contribution in [3.8, 4) is 0 Å². The van der Waals surface area contributed by atoms with E-state index in [1.807, 2.05) is 6.92 Å². The zero-order valence-electron chi connectivity index (χ0n) is 16.4. The molecule has 1 aromatic carbocycles. The van der Waals surface area contributed by atoms with Gasteiger partial charge in [0.1, 0.15) is 0 Å². The van der Waals surface area contributed by atoms with Crippen molar-refractivity contribution in [3.05, 3.63) is 24.3 Å². The van der Waals surface area contributed by atoms with Crippen LogP contribution in [-0.2, 0) is 24.3 Å². The van der Waals surface area contributed by atoms with Crippen LogP contribution in [0.2, 0.25) is 0 Å². The molecule has 154 valence electrons. The van der Waals surface area contributed by atoms with Crippen LogP contribution in [0, 0.1) is 11.8 Å². The molecule has 1 aromatic rings. The van der Waals surface area contributed by atoms with Gasteiger partial charge in [0.05, 0.1) is 10.8 Å². The fourth-order valence-corrected chi connectivity index (χ4v) is 5.02. The topological polar surface area (TPSA) is 92.8 Å². The maximum absolute atomic E-state index is 12.8. The molecule has 0 bridgehead atoms. The molecule has 0 spiro atoms. The molecule has 0 aromatic heterocycles. The van der Waals surface area contributed by atoms with Crippen molar-refractivity contribution in [1.29, 1.82) is 0 Å². The van der Waals surface area contributed by atoms with Gasteiger partial charge in [-0.15, -0.1) is 0 Å². The minimum absolute atomic E-state index is 0.0435. The number of carbonyl (C=O) groups is 2. The highest BCUT2D eigenvalue weighted by molar-refractivity contribution is 7.89. The number of carbonyl (C=O) groups excluding carboxylic acids is 2. The fourth-order valence-electron chi connectivity index (χ4n) is 3.61. The van der Waals surface area contributed by atoms with Gasteiger partial charge in [0, 0.05) is 18.8 Å². The molecule has 1 N–H and O–H groups in total. The molecule has 2 aliphatic rings. The number of anilines is 1. The van der Waals surface area contributed by atoms with E-state index in [1.54, 1.807) is 19.2 Å². The molecule has 0 aliphatic heterocycles. The van der Waals surface area contributed by atoms with Gasteiger partial charge in [-0.05, 0) is 49.4 Å². The number of nitrogens with zero attached hydrogens (tertiary/aromatic N) is 1. The third-order valence-electron chi connectivity index (χ3n) is 5.66. The quantitative estimate of drug-likeness (QED) is 0.701. The Bertz CT molecular complexity index is 816. The molecule has 2 saturated carbocycles. The third-order valence-corrected chi connectivity index (χ3v) is 7.59. The van der Waals surface area contributed by atoms with Crippen molar-refractivity contribution in [3.63, 3.8) is 0 Å². The van der Waals surface area contributed by atoms with E-state index in [0.717, 1.165) is 38.5 Å². The molecule has 2 aliphatic carbocycles. The Morgan fingerprint density at radius 1 is 1.14 bits per heavy atom. The van der Waals surface area contributed by atoms with Crippen molar-refractivity contribution in [2.24, 2.45) is 11.8 Å². The molecule has 8 heteroatoms. The van der Waals surface area contributed by atoms with Crippen molar-refractivity contribution in [2.75, 3.05) is 19.0 Å². The van der Waals surface area contributed by atoms with Gasteiger partial charge in [0.25, 0.3) is 5.91 Å². The molecule has 0 heterocycles. The van der Waals surface area contributed by atoms with Crippen LogP contribution in [-0.4, -0.2) is 44.3 Å². The summed E-state index contributed by atoms with van der Waals surface area (Å²) >= 11 is 0. The lowest BCUT2D eigenvalue weighted by Gasteiger charge is -2.30. The number of hydrogen-bond acceptors (Lipinski definition) is 5. The number of rotatable bonds is 7. The highest BCUT2D eigenvalue weighted by Gasteiger charge is 2.40. The average molecular weight is 409 g/mol. The molecular formula is C20H28N2O5S. The van der Waals surface area contributed by atoms with Crippen molar-refractivity contribution < 1.29 is 22.7 Å². The van der Waals surface area contributed by atoms with Crippen molar-refractivity contribution in [1.82, 2.24) is 4.31 Å². The Morgan fingerprint density at radius 3 is 2.32 bits per heavy atom. The minimum Gasteiger partial charge on any atom is -0.455 e. The second-order valence-corrected chi connectivity index (χ2v) is 9.81. The average Bonchev–Trinajstić information content (AvgIpc) is 3.43. The number of ether oxygens (including phenoxy) is 1. The highest BCUT2D eigenvalue weighted by Crippen LogP contribution is 2.38. The Hall–Kier alpha value is -1.93. The van der Waals surface area contributed by atoms with Gasteiger partial charge in [-0.3, -0.25) is 9.59 Å². The minimum atomic E-state index is -3.56. The van der Waals surface area contributed by atoms with Gasteiger partial charge in [0.15, 0.2) is 6.61 Å². The van der Waals surface area contributed by atoms with E-state index < -0.39 is 15.9 Å². The predicted molar refractivity (Wildman–Crippen MR) is 105 cm³/mol. The number of sulfonamides is 1. The lowest BCUT2D eigenvalue weighted by atomic mass is 9.96. The maximum Gasteiger partial charge on any atom is 0.309 e. The summed E-state index contributed by atoms with van der Waals surface area (Å²) in [4.78, 5) is 23.8. The molecular weight excluding hydrogens is 380 g/mol. The van der Waals surface area contributed by atoms with Gasteiger partial charge in [-0.1, -0.05) is 26.2 Å². The lowest BCUT2D eigenvalue weighted by molar-refractivity contribution is -0.148.